The molecule has 0 heterocycles. The van der Waals surface area contributed by atoms with Crippen LogP contribution in [0.2, 0.25) is 0 Å². The minimum atomic E-state index is -1.54. The van der Waals surface area contributed by atoms with Crippen LogP contribution in [0.5, 0.6) is 0 Å². The lowest BCUT2D eigenvalue weighted by Crippen LogP contribution is -2.22. The third-order valence-corrected chi connectivity index (χ3v) is 0.751. The van der Waals surface area contributed by atoms with Gasteiger partial charge in [-0.15, -0.1) is 0 Å². The fourth-order valence-electron chi connectivity index (χ4n) is 0.230. The Morgan fingerprint density at radius 1 is 0.900 bits per heavy atom. The van der Waals surface area contributed by atoms with E-state index in [-0.39, 0.29) is 0 Å². The molecule has 6 N–H and O–H groups in total. The van der Waals surface area contributed by atoms with Crippen molar-refractivity contribution in [1.82, 2.24) is 0 Å². The van der Waals surface area contributed by atoms with Crippen molar-refractivity contribution in [3.63, 3.8) is 0 Å². The zero-order chi connectivity index (χ0) is 8.31. The summed E-state index contributed by atoms with van der Waals surface area (Å²) in [5.41, 5.74) is 7.76. The van der Waals surface area contributed by atoms with Crippen molar-refractivity contribution in [2.75, 3.05) is 0 Å². The molecule has 0 aliphatic heterocycles. The molecule has 0 bridgehead atoms. The summed E-state index contributed by atoms with van der Waals surface area (Å²) in [7, 11) is 0. The van der Waals surface area contributed by atoms with Gasteiger partial charge < -0.3 is 21.7 Å². The Kier molecular flexibility index (Phi) is 2.25. The molecule has 0 aromatic rings. The Labute approximate surface area is 55.7 Å². The lowest BCUT2D eigenvalue weighted by atomic mass is 10.3. The van der Waals surface area contributed by atoms with Crippen molar-refractivity contribution >= 4 is 11.9 Å². The molecule has 0 aliphatic rings. The van der Waals surface area contributed by atoms with Crippen molar-refractivity contribution in [3.05, 3.63) is 11.4 Å². The first-order chi connectivity index (χ1) is 4.46. The van der Waals surface area contributed by atoms with E-state index in [9.17, 15) is 9.59 Å². The van der Waals surface area contributed by atoms with E-state index in [2.05, 4.69) is 0 Å². The average molecular weight is 146 g/mol. The summed E-state index contributed by atoms with van der Waals surface area (Å²) in [6, 6.07) is 0. The number of nitrogens with two attached hydrogens (primary N) is 2. The van der Waals surface area contributed by atoms with Gasteiger partial charge in [0.05, 0.1) is 0 Å². The van der Waals surface area contributed by atoms with Crippen LogP contribution in [0, 0.1) is 0 Å². The van der Waals surface area contributed by atoms with Gasteiger partial charge in [-0.3, -0.25) is 0 Å². The van der Waals surface area contributed by atoms with Crippen LogP contribution in [0.3, 0.4) is 0 Å². The molecule has 0 aliphatic carbocycles. The molecule has 0 radical (unpaired) electrons. The smallest absolute Gasteiger partial charge is 0.354 e. The molecule has 6 nitrogen and oxygen atoms in total. The van der Waals surface area contributed by atoms with E-state index in [1.165, 1.54) is 0 Å². The lowest BCUT2D eigenvalue weighted by molar-refractivity contribution is -0.136. The van der Waals surface area contributed by atoms with Gasteiger partial charge in [-0.2, -0.15) is 0 Å². The zero-order valence-electron chi connectivity index (χ0n) is 4.87. The first-order valence-electron chi connectivity index (χ1n) is 2.18. The fourth-order valence-corrected chi connectivity index (χ4v) is 0.230. The van der Waals surface area contributed by atoms with Crippen molar-refractivity contribution < 1.29 is 19.8 Å². The highest BCUT2D eigenvalue weighted by atomic mass is 16.4. The number of aliphatic carboxylic acids is 2. The molecule has 10 heavy (non-hydrogen) atoms. The Bertz CT molecular complexity index is 185. The second-order valence-electron chi connectivity index (χ2n) is 1.44. The molecule has 0 rings (SSSR count). The summed E-state index contributed by atoms with van der Waals surface area (Å²) < 4.78 is 0. The maximum atomic E-state index is 9.92. The number of hydrogen-bond acceptors (Lipinski definition) is 4. The molecule has 56 valence electrons. The molecule has 0 aromatic carbocycles. The van der Waals surface area contributed by atoms with E-state index in [4.69, 9.17) is 21.7 Å². The minimum absolute atomic E-state index is 0.854. The SMILES string of the molecule is N/C(C(=O)O)=C(\N)C(=O)O. The number of carboxylic acid groups (broad SMARTS) is 2. The molecule has 0 saturated carbocycles. The zero-order valence-corrected chi connectivity index (χ0v) is 4.87. The molecule has 0 atom stereocenters. The Morgan fingerprint density at radius 3 is 1.20 bits per heavy atom. The van der Waals surface area contributed by atoms with Gasteiger partial charge in [0.2, 0.25) is 0 Å². The molecule has 6 heteroatoms. The second-order valence-corrected chi connectivity index (χ2v) is 1.44. The normalized spacial score (nSPS) is 12.0. The van der Waals surface area contributed by atoms with Crippen LogP contribution in [0.4, 0.5) is 0 Å². The lowest BCUT2D eigenvalue weighted by Gasteiger charge is -1.95. The van der Waals surface area contributed by atoms with Gasteiger partial charge in [0.15, 0.2) is 0 Å². The van der Waals surface area contributed by atoms with Gasteiger partial charge in [-0.05, 0) is 0 Å². The van der Waals surface area contributed by atoms with Crippen LogP contribution in [0.15, 0.2) is 11.4 Å². The van der Waals surface area contributed by atoms with E-state index in [1.54, 1.807) is 0 Å². The van der Waals surface area contributed by atoms with Crippen molar-refractivity contribution in [1.29, 1.82) is 0 Å². The third kappa shape index (κ3) is 1.66. The number of rotatable bonds is 2. The molecule has 0 saturated heterocycles. The molecule has 0 amide bonds. The molecule has 0 aromatic heterocycles. The van der Waals surface area contributed by atoms with Crippen LogP contribution in [0.1, 0.15) is 0 Å². The van der Waals surface area contributed by atoms with Crippen molar-refractivity contribution in [3.8, 4) is 0 Å². The van der Waals surface area contributed by atoms with Crippen LogP contribution < -0.4 is 11.5 Å². The Balaban J connectivity index is 4.67. The van der Waals surface area contributed by atoms with Gasteiger partial charge in [-0.1, -0.05) is 0 Å². The summed E-state index contributed by atoms with van der Waals surface area (Å²) in [5, 5.41) is 16.2. The topological polar surface area (TPSA) is 127 Å². The summed E-state index contributed by atoms with van der Waals surface area (Å²) in [6.45, 7) is 0. The van der Waals surface area contributed by atoms with Crippen LogP contribution in [-0.4, -0.2) is 22.2 Å². The maximum Gasteiger partial charge on any atom is 0.354 e. The highest BCUT2D eigenvalue weighted by Crippen LogP contribution is 1.89. The number of hydrogen-bond donors (Lipinski definition) is 4. The van der Waals surface area contributed by atoms with E-state index < -0.39 is 23.3 Å². The van der Waals surface area contributed by atoms with Gasteiger partial charge >= 0.3 is 11.9 Å². The van der Waals surface area contributed by atoms with E-state index in [0.717, 1.165) is 0 Å². The summed E-state index contributed by atoms with van der Waals surface area (Å²) in [4.78, 5) is 19.8. The quantitative estimate of drug-likeness (QED) is 0.343. The standard InChI is InChI=1S/C4H6N2O4/c5-1(3(7)8)2(6)4(9)10/h5-6H2,(H,7,8)(H,9,10)/b2-1-. The van der Waals surface area contributed by atoms with Crippen LogP contribution in [0.25, 0.3) is 0 Å². The minimum Gasteiger partial charge on any atom is -0.477 e. The molecule has 0 spiro atoms. The van der Waals surface area contributed by atoms with Gasteiger partial charge in [-0.25, -0.2) is 9.59 Å². The number of carbonyl (C=O) groups is 2. The monoisotopic (exact) mass is 146 g/mol. The first-order valence-corrected chi connectivity index (χ1v) is 2.18. The third-order valence-electron chi connectivity index (χ3n) is 0.751. The maximum absolute atomic E-state index is 9.92. The average Bonchev–Trinajstić information content (AvgIpc) is 1.84. The van der Waals surface area contributed by atoms with E-state index >= 15 is 0 Å². The van der Waals surface area contributed by atoms with Crippen LogP contribution in [-0.2, 0) is 9.59 Å². The van der Waals surface area contributed by atoms with Crippen molar-refractivity contribution in [2.24, 2.45) is 11.5 Å². The van der Waals surface area contributed by atoms with Crippen LogP contribution >= 0.6 is 0 Å². The first kappa shape index (κ1) is 8.28. The van der Waals surface area contributed by atoms with E-state index in [1.807, 2.05) is 0 Å². The van der Waals surface area contributed by atoms with Gasteiger partial charge in [0.1, 0.15) is 11.4 Å². The highest BCUT2D eigenvalue weighted by molar-refractivity contribution is 5.97. The largest absolute Gasteiger partial charge is 0.477 e. The number of carboxylic acids is 2. The summed E-state index contributed by atoms with van der Waals surface area (Å²) in [6.07, 6.45) is 0. The predicted octanol–water partition coefficient (Wildman–Crippen LogP) is -1.72. The highest BCUT2D eigenvalue weighted by Gasteiger charge is 2.12. The second kappa shape index (κ2) is 2.72. The molecule has 0 unspecified atom stereocenters. The Morgan fingerprint density at radius 2 is 1.10 bits per heavy atom. The van der Waals surface area contributed by atoms with E-state index in [0.29, 0.717) is 0 Å². The predicted molar refractivity (Wildman–Crippen MR) is 30.7 cm³/mol. The summed E-state index contributed by atoms with van der Waals surface area (Å²) in [5.74, 6) is -3.08. The molecule has 0 fully saturated rings. The fraction of sp³-hybridized carbons (Fsp3) is 0. The van der Waals surface area contributed by atoms with Gasteiger partial charge in [0.25, 0.3) is 0 Å². The Hall–Kier alpha value is -1.72. The van der Waals surface area contributed by atoms with Crippen molar-refractivity contribution in [2.45, 2.75) is 0 Å². The molecular formula is C4H6N2O4. The van der Waals surface area contributed by atoms with Gasteiger partial charge in [0, 0.05) is 0 Å². The summed E-state index contributed by atoms with van der Waals surface area (Å²) >= 11 is 0. The molecular weight excluding hydrogens is 140 g/mol.